The normalized spacial score (nSPS) is 11.6. The van der Waals surface area contributed by atoms with E-state index in [1.807, 2.05) is 6.07 Å². The molecule has 0 fully saturated rings. The molecule has 0 aliphatic carbocycles. The molecule has 20 heavy (non-hydrogen) atoms. The molecule has 5 heteroatoms. The molecule has 112 valence electrons. The van der Waals surface area contributed by atoms with E-state index in [9.17, 15) is 4.79 Å². The number of hydrogen-bond donors (Lipinski definition) is 3. The number of rotatable bonds is 8. The van der Waals surface area contributed by atoms with Crippen molar-refractivity contribution in [1.82, 2.24) is 5.32 Å². The van der Waals surface area contributed by atoms with Crippen LogP contribution in [0.1, 0.15) is 42.6 Å². The topological polar surface area (TPSA) is 75.3 Å². The first kappa shape index (κ1) is 17.0. The maximum Gasteiger partial charge on any atom is 0.248 e. The lowest BCUT2D eigenvalue weighted by Gasteiger charge is -2.25. The zero-order valence-corrected chi connectivity index (χ0v) is 12.8. The van der Waals surface area contributed by atoms with Crippen LogP contribution >= 0.6 is 11.6 Å². The Morgan fingerprint density at radius 1 is 1.45 bits per heavy atom. The van der Waals surface area contributed by atoms with Crippen molar-refractivity contribution in [2.75, 3.05) is 13.2 Å². The standard InChI is InChI=1S/C15H23ClN2O2/c1-15(2,6-3-7-19)10-18-9-12-5-4-11(14(17)20)8-13(12)16/h4-5,8,18-19H,3,6-7,9-10H2,1-2H3,(H2,17,20). The van der Waals surface area contributed by atoms with Gasteiger partial charge in [0.25, 0.3) is 0 Å². The fraction of sp³-hybridized carbons (Fsp3) is 0.533. The van der Waals surface area contributed by atoms with Crippen molar-refractivity contribution in [3.05, 3.63) is 34.3 Å². The van der Waals surface area contributed by atoms with Crippen molar-refractivity contribution in [2.45, 2.75) is 33.2 Å². The molecule has 0 aliphatic heterocycles. The van der Waals surface area contributed by atoms with Gasteiger partial charge >= 0.3 is 0 Å². The summed E-state index contributed by atoms with van der Waals surface area (Å²) in [4.78, 5) is 11.0. The van der Waals surface area contributed by atoms with Gasteiger partial charge in [0.05, 0.1) is 0 Å². The number of aliphatic hydroxyl groups is 1. The number of aliphatic hydroxyl groups excluding tert-OH is 1. The molecule has 0 aromatic heterocycles. The van der Waals surface area contributed by atoms with Crippen molar-refractivity contribution in [1.29, 1.82) is 0 Å². The van der Waals surface area contributed by atoms with Crippen molar-refractivity contribution in [2.24, 2.45) is 11.1 Å². The highest BCUT2D eigenvalue weighted by molar-refractivity contribution is 6.31. The lowest BCUT2D eigenvalue weighted by Crippen LogP contribution is -2.29. The van der Waals surface area contributed by atoms with Crippen LogP contribution in [0.2, 0.25) is 5.02 Å². The molecule has 0 atom stereocenters. The summed E-state index contributed by atoms with van der Waals surface area (Å²) in [5, 5.41) is 12.8. The van der Waals surface area contributed by atoms with Crippen LogP contribution in [0.3, 0.4) is 0 Å². The minimum atomic E-state index is -0.475. The van der Waals surface area contributed by atoms with Crippen LogP contribution in [-0.2, 0) is 6.54 Å². The monoisotopic (exact) mass is 298 g/mol. The van der Waals surface area contributed by atoms with Gasteiger partial charge in [0, 0.05) is 30.3 Å². The van der Waals surface area contributed by atoms with Gasteiger partial charge in [-0.1, -0.05) is 31.5 Å². The minimum absolute atomic E-state index is 0.127. The Hall–Kier alpha value is -1.10. The molecule has 0 unspecified atom stereocenters. The second-order valence-corrected chi connectivity index (χ2v) is 6.17. The fourth-order valence-electron chi connectivity index (χ4n) is 2.03. The molecule has 4 N–H and O–H groups in total. The molecule has 0 bridgehead atoms. The number of amides is 1. The highest BCUT2D eigenvalue weighted by Crippen LogP contribution is 2.22. The van der Waals surface area contributed by atoms with Crippen LogP contribution in [-0.4, -0.2) is 24.2 Å². The average molecular weight is 299 g/mol. The first-order chi connectivity index (χ1) is 9.35. The van der Waals surface area contributed by atoms with Crippen LogP contribution in [0, 0.1) is 5.41 Å². The van der Waals surface area contributed by atoms with Gasteiger partial charge in [0.15, 0.2) is 0 Å². The Morgan fingerprint density at radius 3 is 2.70 bits per heavy atom. The van der Waals surface area contributed by atoms with E-state index in [2.05, 4.69) is 19.2 Å². The zero-order valence-electron chi connectivity index (χ0n) is 12.1. The summed E-state index contributed by atoms with van der Waals surface area (Å²) < 4.78 is 0. The molecule has 0 saturated heterocycles. The predicted octanol–water partition coefficient (Wildman–Crippen LogP) is 2.33. The summed E-state index contributed by atoms with van der Waals surface area (Å²) in [6, 6.07) is 5.09. The quantitative estimate of drug-likeness (QED) is 0.689. The maximum absolute atomic E-state index is 11.0. The summed E-state index contributed by atoms with van der Waals surface area (Å²) in [7, 11) is 0. The van der Waals surface area contributed by atoms with Gasteiger partial charge in [-0.05, 0) is 36.0 Å². The molecule has 0 aliphatic rings. The highest BCUT2D eigenvalue weighted by Gasteiger charge is 2.16. The van der Waals surface area contributed by atoms with E-state index in [1.54, 1.807) is 12.1 Å². The first-order valence-corrected chi connectivity index (χ1v) is 7.13. The number of nitrogens with one attached hydrogen (secondary N) is 1. The average Bonchev–Trinajstić information content (AvgIpc) is 2.38. The predicted molar refractivity (Wildman–Crippen MR) is 81.8 cm³/mol. The smallest absolute Gasteiger partial charge is 0.248 e. The summed E-state index contributed by atoms with van der Waals surface area (Å²) in [6.07, 6.45) is 1.77. The molecule has 1 rings (SSSR count). The Labute approximate surface area is 125 Å². The molecule has 0 saturated carbocycles. The molecule has 0 heterocycles. The van der Waals surface area contributed by atoms with E-state index in [1.165, 1.54) is 0 Å². The molecule has 1 aromatic rings. The van der Waals surface area contributed by atoms with Gasteiger partial charge in [-0.3, -0.25) is 4.79 Å². The lowest BCUT2D eigenvalue weighted by atomic mass is 9.88. The van der Waals surface area contributed by atoms with Gasteiger partial charge in [0.2, 0.25) is 5.91 Å². The number of halogens is 1. The van der Waals surface area contributed by atoms with E-state index in [4.69, 9.17) is 22.4 Å². The third-order valence-corrected chi connectivity index (χ3v) is 3.62. The summed E-state index contributed by atoms with van der Waals surface area (Å²) in [5.74, 6) is -0.475. The Balaban J connectivity index is 2.52. The van der Waals surface area contributed by atoms with Gasteiger partial charge in [-0.15, -0.1) is 0 Å². The van der Waals surface area contributed by atoms with Crippen molar-refractivity contribution < 1.29 is 9.90 Å². The second-order valence-electron chi connectivity index (χ2n) is 5.77. The lowest BCUT2D eigenvalue weighted by molar-refractivity contribution is 0.100. The maximum atomic E-state index is 11.0. The van der Waals surface area contributed by atoms with Crippen molar-refractivity contribution >= 4 is 17.5 Å². The van der Waals surface area contributed by atoms with E-state index in [0.717, 1.165) is 24.9 Å². The minimum Gasteiger partial charge on any atom is -0.396 e. The van der Waals surface area contributed by atoms with Crippen LogP contribution in [0.4, 0.5) is 0 Å². The molecule has 0 spiro atoms. The zero-order chi connectivity index (χ0) is 15.2. The molecule has 4 nitrogen and oxygen atoms in total. The SMILES string of the molecule is CC(C)(CCCO)CNCc1ccc(C(N)=O)cc1Cl. The molecular formula is C15H23ClN2O2. The highest BCUT2D eigenvalue weighted by atomic mass is 35.5. The second kappa shape index (κ2) is 7.62. The molecule has 1 aromatic carbocycles. The van der Waals surface area contributed by atoms with Gasteiger partial charge in [-0.25, -0.2) is 0 Å². The number of nitrogens with two attached hydrogens (primary N) is 1. The summed E-state index contributed by atoms with van der Waals surface area (Å²) >= 11 is 6.13. The number of benzene rings is 1. The van der Waals surface area contributed by atoms with E-state index >= 15 is 0 Å². The molecule has 0 radical (unpaired) electrons. The fourth-order valence-corrected chi connectivity index (χ4v) is 2.27. The number of carbonyl (C=O) groups excluding carboxylic acids is 1. The van der Waals surface area contributed by atoms with Crippen LogP contribution in [0.25, 0.3) is 0 Å². The van der Waals surface area contributed by atoms with Crippen molar-refractivity contribution in [3.63, 3.8) is 0 Å². The van der Waals surface area contributed by atoms with Crippen LogP contribution in [0.5, 0.6) is 0 Å². The van der Waals surface area contributed by atoms with E-state index in [0.29, 0.717) is 17.1 Å². The van der Waals surface area contributed by atoms with Gasteiger partial charge in [-0.2, -0.15) is 0 Å². The Bertz CT molecular complexity index is 461. The van der Waals surface area contributed by atoms with E-state index < -0.39 is 5.91 Å². The Morgan fingerprint density at radius 2 is 2.15 bits per heavy atom. The van der Waals surface area contributed by atoms with Gasteiger partial charge < -0.3 is 16.2 Å². The molecular weight excluding hydrogens is 276 g/mol. The first-order valence-electron chi connectivity index (χ1n) is 6.75. The number of primary amides is 1. The Kier molecular flexibility index (Phi) is 6.46. The van der Waals surface area contributed by atoms with E-state index in [-0.39, 0.29) is 12.0 Å². The van der Waals surface area contributed by atoms with Crippen LogP contribution < -0.4 is 11.1 Å². The number of hydrogen-bond acceptors (Lipinski definition) is 3. The summed E-state index contributed by atoms with van der Waals surface area (Å²) in [5.41, 5.74) is 6.69. The largest absolute Gasteiger partial charge is 0.396 e. The van der Waals surface area contributed by atoms with Crippen molar-refractivity contribution in [3.8, 4) is 0 Å². The summed E-state index contributed by atoms with van der Waals surface area (Å²) in [6.45, 7) is 6.02. The third-order valence-electron chi connectivity index (χ3n) is 3.27. The molecule has 1 amide bonds. The van der Waals surface area contributed by atoms with Crippen LogP contribution in [0.15, 0.2) is 18.2 Å². The van der Waals surface area contributed by atoms with Gasteiger partial charge in [0.1, 0.15) is 0 Å². The third kappa shape index (κ3) is 5.49. The number of carbonyl (C=O) groups is 1.